The number of nitrogens with zero attached hydrogens (tertiary/aromatic N) is 4. The standard InChI is InChI=1S/C21H28Cl3N5/c1-5-29-12-6-7-16(13-29)25-19-27-17(26-18(28-19)21(22,23)24)14-8-10-15(11-9-14)20(2,3)4/h8-11,16H,5-7,12-13H2,1-4H3,(H,25,26,27,28). The van der Waals surface area contributed by atoms with Crippen molar-refractivity contribution >= 4 is 40.8 Å². The van der Waals surface area contributed by atoms with Crippen LogP contribution in [0.1, 0.15) is 51.9 Å². The fourth-order valence-corrected chi connectivity index (χ4v) is 3.71. The fraction of sp³-hybridized carbons (Fsp3) is 0.571. The molecule has 2 aromatic rings. The van der Waals surface area contributed by atoms with Gasteiger partial charge in [-0.05, 0) is 36.9 Å². The zero-order chi connectivity index (χ0) is 21.2. The largest absolute Gasteiger partial charge is 0.350 e. The number of halogens is 3. The van der Waals surface area contributed by atoms with E-state index in [1.165, 1.54) is 5.56 Å². The lowest BCUT2D eigenvalue weighted by molar-refractivity contribution is 0.226. The van der Waals surface area contributed by atoms with E-state index in [4.69, 9.17) is 34.8 Å². The Morgan fingerprint density at radius 3 is 2.34 bits per heavy atom. The maximum absolute atomic E-state index is 6.11. The minimum Gasteiger partial charge on any atom is -0.350 e. The van der Waals surface area contributed by atoms with E-state index >= 15 is 0 Å². The topological polar surface area (TPSA) is 53.9 Å². The van der Waals surface area contributed by atoms with Gasteiger partial charge in [-0.2, -0.15) is 9.97 Å². The molecule has 1 N–H and O–H groups in total. The first-order valence-corrected chi connectivity index (χ1v) is 11.1. The molecule has 5 nitrogen and oxygen atoms in total. The predicted molar refractivity (Wildman–Crippen MR) is 122 cm³/mol. The quantitative estimate of drug-likeness (QED) is 0.610. The summed E-state index contributed by atoms with van der Waals surface area (Å²) in [5.41, 5.74) is 2.16. The second kappa shape index (κ2) is 8.93. The van der Waals surface area contributed by atoms with E-state index in [1.807, 2.05) is 12.1 Å². The number of likely N-dealkylation sites (tertiary alicyclic amines) is 1. The number of benzene rings is 1. The second-order valence-electron chi connectivity index (χ2n) is 8.51. The Morgan fingerprint density at radius 2 is 1.76 bits per heavy atom. The van der Waals surface area contributed by atoms with Crippen molar-refractivity contribution in [2.24, 2.45) is 0 Å². The third-order valence-corrected chi connectivity index (χ3v) is 5.69. The molecule has 2 heterocycles. The molecule has 3 rings (SSSR count). The maximum atomic E-state index is 6.11. The number of likely N-dealkylation sites (N-methyl/N-ethyl adjacent to an activating group) is 1. The Bertz CT molecular complexity index is 828. The highest BCUT2D eigenvalue weighted by Crippen LogP contribution is 2.37. The summed E-state index contributed by atoms with van der Waals surface area (Å²) in [4.78, 5) is 15.8. The molecular formula is C21H28Cl3N5. The number of anilines is 1. The van der Waals surface area contributed by atoms with Crippen LogP contribution in [0.3, 0.4) is 0 Å². The first kappa shape index (κ1) is 22.5. The Kier molecular flexibility index (Phi) is 6.94. The summed E-state index contributed by atoms with van der Waals surface area (Å²) in [7, 11) is 0. The van der Waals surface area contributed by atoms with E-state index < -0.39 is 3.79 Å². The van der Waals surface area contributed by atoms with E-state index in [0.29, 0.717) is 11.8 Å². The molecule has 29 heavy (non-hydrogen) atoms. The Morgan fingerprint density at radius 1 is 1.07 bits per heavy atom. The van der Waals surface area contributed by atoms with Gasteiger partial charge in [-0.1, -0.05) is 86.8 Å². The molecule has 0 bridgehead atoms. The van der Waals surface area contributed by atoms with Crippen molar-refractivity contribution < 1.29 is 0 Å². The maximum Gasteiger partial charge on any atom is 0.250 e. The van der Waals surface area contributed by atoms with Crippen molar-refractivity contribution in [1.29, 1.82) is 0 Å². The number of piperidine rings is 1. The molecule has 0 amide bonds. The summed E-state index contributed by atoms with van der Waals surface area (Å²) >= 11 is 18.3. The molecule has 1 fully saturated rings. The lowest BCUT2D eigenvalue weighted by Gasteiger charge is -2.32. The summed E-state index contributed by atoms with van der Waals surface area (Å²) in [6.45, 7) is 11.8. The number of rotatable bonds is 4. The van der Waals surface area contributed by atoms with Crippen molar-refractivity contribution in [2.45, 2.75) is 55.8 Å². The molecule has 8 heteroatoms. The van der Waals surface area contributed by atoms with Gasteiger partial charge in [0.1, 0.15) is 0 Å². The Hall–Kier alpha value is -1.14. The molecule has 1 unspecified atom stereocenters. The normalized spacial score (nSPS) is 18.7. The van der Waals surface area contributed by atoms with Crippen LogP contribution in [-0.4, -0.2) is 45.5 Å². The van der Waals surface area contributed by atoms with Crippen LogP contribution in [0.4, 0.5) is 5.95 Å². The molecule has 1 aromatic carbocycles. The Balaban J connectivity index is 1.92. The van der Waals surface area contributed by atoms with Crippen LogP contribution in [0, 0.1) is 0 Å². The van der Waals surface area contributed by atoms with Crippen LogP contribution < -0.4 is 5.32 Å². The van der Waals surface area contributed by atoms with Crippen molar-refractivity contribution in [1.82, 2.24) is 19.9 Å². The molecule has 158 valence electrons. The third-order valence-electron chi connectivity index (χ3n) is 5.18. The van der Waals surface area contributed by atoms with E-state index in [2.05, 4.69) is 65.0 Å². The average molecular weight is 457 g/mol. The van der Waals surface area contributed by atoms with Crippen molar-refractivity contribution in [3.63, 3.8) is 0 Å². The van der Waals surface area contributed by atoms with Gasteiger partial charge >= 0.3 is 0 Å². The highest BCUT2D eigenvalue weighted by molar-refractivity contribution is 6.66. The van der Waals surface area contributed by atoms with Crippen LogP contribution >= 0.6 is 34.8 Å². The van der Waals surface area contributed by atoms with Gasteiger partial charge in [0.25, 0.3) is 0 Å². The van der Waals surface area contributed by atoms with Gasteiger partial charge in [-0.3, -0.25) is 0 Å². The molecule has 0 radical (unpaired) electrons. The first-order chi connectivity index (χ1) is 13.6. The number of aromatic nitrogens is 3. The first-order valence-electron chi connectivity index (χ1n) is 9.99. The fourth-order valence-electron chi connectivity index (χ4n) is 3.46. The van der Waals surface area contributed by atoms with E-state index in [1.54, 1.807) is 0 Å². The summed E-state index contributed by atoms with van der Waals surface area (Å²) in [6.07, 6.45) is 2.19. The average Bonchev–Trinajstić information content (AvgIpc) is 2.66. The highest BCUT2D eigenvalue weighted by atomic mass is 35.6. The summed E-state index contributed by atoms with van der Waals surface area (Å²) < 4.78 is -1.72. The van der Waals surface area contributed by atoms with E-state index in [9.17, 15) is 0 Å². The molecule has 1 aliphatic heterocycles. The van der Waals surface area contributed by atoms with Crippen molar-refractivity contribution in [2.75, 3.05) is 25.0 Å². The zero-order valence-corrected chi connectivity index (χ0v) is 19.6. The molecule has 1 aliphatic rings. The summed E-state index contributed by atoms with van der Waals surface area (Å²) in [5.74, 6) is 1.06. The molecule has 0 saturated carbocycles. The predicted octanol–water partition coefficient (Wildman–Crippen LogP) is 5.56. The molecule has 1 saturated heterocycles. The van der Waals surface area contributed by atoms with Gasteiger partial charge in [0.05, 0.1) is 0 Å². The minimum atomic E-state index is -1.72. The Labute approximate surface area is 188 Å². The third kappa shape index (κ3) is 5.94. The number of hydrogen-bond acceptors (Lipinski definition) is 5. The summed E-state index contributed by atoms with van der Waals surface area (Å²) in [6, 6.07) is 8.43. The van der Waals surface area contributed by atoms with Gasteiger partial charge in [-0.15, -0.1) is 0 Å². The van der Waals surface area contributed by atoms with Crippen molar-refractivity contribution in [3.05, 3.63) is 35.7 Å². The lowest BCUT2D eigenvalue weighted by Crippen LogP contribution is -2.42. The highest BCUT2D eigenvalue weighted by Gasteiger charge is 2.29. The SMILES string of the molecule is CCN1CCCC(Nc2nc(-c3ccc(C(C)(C)C)cc3)nc(C(Cl)(Cl)Cl)n2)C1. The zero-order valence-electron chi connectivity index (χ0n) is 17.3. The molecule has 1 aromatic heterocycles. The summed E-state index contributed by atoms with van der Waals surface area (Å²) in [5, 5.41) is 3.42. The molecule has 0 spiro atoms. The van der Waals surface area contributed by atoms with Gasteiger partial charge in [0, 0.05) is 18.2 Å². The van der Waals surface area contributed by atoms with Gasteiger partial charge in [0.2, 0.25) is 9.74 Å². The smallest absolute Gasteiger partial charge is 0.250 e. The van der Waals surface area contributed by atoms with Crippen LogP contribution in [-0.2, 0) is 9.21 Å². The van der Waals surface area contributed by atoms with Gasteiger partial charge in [0.15, 0.2) is 11.6 Å². The number of hydrogen-bond donors (Lipinski definition) is 1. The molecular weight excluding hydrogens is 429 g/mol. The van der Waals surface area contributed by atoms with Gasteiger partial charge < -0.3 is 10.2 Å². The van der Waals surface area contributed by atoms with Crippen LogP contribution in [0.15, 0.2) is 24.3 Å². The van der Waals surface area contributed by atoms with E-state index in [-0.39, 0.29) is 17.3 Å². The van der Waals surface area contributed by atoms with Gasteiger partial charge in [-0.25, -0.2) is 4.98 Å². The van der Waals surface area contributed by atoms with E-state index in [0.717, 1.165) is 38.0 Å². The monoisotopic (exact) mass is 455 g/mol. The molecule has 0 aliphatic carbocycles. The second-order valence-corrected chi connectivity index (χ2v) is 10.8. The van der Waals surface area contributed by atoms with Crippen LogP contribution in [0.25, 0.3) is 11.4 Å². The molecule has 1 atom stereocenters. The number of alkyl halides is 3. The van der Waals surface area contributed by atoms with Crippen LogP contribution in [0.2, 0.25) is 0 Å². The number of nitrogens with one attached hydrogen (secondary N) is 1. The lowest BCUT2D eigenvalue weighted by atomic mass is 9.87. The minimum absolute atomic E-state index is 0.0687. The van der Waals surface area contributed by atoms with Crippen molar-refractivity contribution in [3.8, 4) is 11.4 Å². The van der Waals surface area contributed by atoms with Crippen LogP contribution in [0.5, 0.6) is 0 Å².